The van der Waals surface area contributed by atoms with Crippen molar-refractivity contribution in [1.82, 2.24) is 5.32 Å². The number of hydrogen-bond acceptors (Lipinski definition) is 4. The third-order valence-electron chi connectivity index (χ3n) is 2.32. The van der Waals surface area contributed by atoms with Gasteiger partial charge < -0.3 is 20.9 Å². The van der Waals surface area contributed by atoms with Crippen molar-refractivity contribution in [3.8, 4) is 0 Å². The van der Waals surface area contributed by atoms with Crippen LogP contribution in [0, 0.1) is 0 Å². The lowest BCUT2D eigenvalue weighted by Crippen LogP contribution is -2.57. The summed E-state index contributed by atoms with van der Waals surface area (Å²) in [4.78, 5) is 22.7. The third-order valence-corrected chi connectivity index (χ3v) is 2.32. The maximum absolute atomic E-state index is 11.8. The molecule has 0 saturated heterocycles. The van der Waals surface area contributed by atoms with E-state index in [0.29, 0.717) is 0 Å². The first-order valence-corrected chi connectivity index (χ1v) is 5.85. The van der Waals surface area contributed by atoms with Crippen LogP contribution < -0.4 is 11.1 Å². The van der Waals surface area contributed by atoms with Gasteiger partial charge in [0, 0.05) is 0 Å². The zero-order valence-electron chi connectivity index (χ0n) is 11.9. The number of carbonyl (C=O) groups is 2. The molecule has 0 heterocycles. The fraction of sp³-hybridized carbons (Fsp3) is 0.833. The van der Waals surface area contributed by atoms with E-state index in [1.165, 1.54) is 13.8 Å². The fourth-order valence-electron chi connectivity index (χ4n) is 1.29. The van der Waals surface area contributed by atoms with Crippen molar-refractivity contribution in [3.05, 3.63) is 0 Å². The van der Waals surface area contributed by atoms with E-state index in [0.717, 1.165) is 0 Å². The Hall–Kier alpha value is -1.14. The topological polar surface area (TPSA) is 102 Å². The minimum absolute atomic E-state index is 0.417. The van der Waals surface area contributed by atoms with Gasteiger partial charge in [-0.3, -0.25) is 4.79 Å². The highest BCUT2D eigenvalue weighted by atomic mass is 16.5. The second kappa shape index (κ2) is 5.67. The number of aliphatic carboxylic acids is 1. The molecule has 1 amide bonds. The Morgan fingerprint density at radius 2 is 1.67 bits per heavy atom. The molecule has 0 aromatic rings. The van der Waals surface area contributed by atoms with Crippen molar-refractivity contribution in [2.75, 3.05) is 0 Å². The van der Waals surface area contributed by atoms with E-state index >= 15 is 0 Å². The van der Waals surface area contributed by atoms with E-state index in [-0.39, 0.29) is 0 Å². The molecule has 18 heavy (non-hydrogen) atoms. The molecule has 0 bridgehead atoms. The summed E-state index contributed by atoms with van der Waals surface area (Å²) in [6.45, 7) is 10.0. The predicted octanol–water partition coefficient (Wildman–Crippen LogP) is 0.497. The summed E-state index contributed by atoms with van der Waals surface area (Å²) >= 11 is 0. The number of carboxylic acids is 1. The average molecular weight is 260 g/mol. The third kappa shape index (κ3) is 5.46. The summed E-state index contributed by atoms with van der Waals surface area (Å²) < 4.78 is 5.56. The molecular weight excluding hydrogens is 236 g/mol. The van der Waals surface area contributed by atoms with Crippen molar-refractivity contribution >= 4 is 11.9 Å². The molecule has 0 saturated carbocycles. The number of rotatable bonds is 5. The minimum atomic E-state index is -1.35. The van der Waals surface area contributed by atoms with Crippen LogP contribution in [0.3, 0.4) is 0 Å². The van der Waals surface area contributed by atoms with Gasteiger partial charge in [0.1, 0.15) is 11.6 Å². The van der Waals surface area contributed by atoms with E-state index in [2.05, 4.69) is 5.32 Å². The van der Waals surface area contributed by atoms with Gasteiger partial charge in [0.15, 0.2) is 0 Å². The fourth-order valence-corrected chi connectivity index (χ4v) is 1.29. The lowest BCUT2D eigenvalue weighted by atomic mass is 10.0. The van der Waals surface area contributed by atoms with E-state index in [1.807, 2.05) is 20.8 Å². The number of nitrogens with one attached hydrogen (secondary N) is 1. The summed E-state index contributed by atoms with van der Waals surface area (Å²) in [5.41, 5.74) is 3.98. The number of nitrogens with two attached hydrogens (primary N) is 1. The Labute approximate surface area is 108 Å². The Morgan fingerprint density at radius 3 is 2.00 bits per heavy atom. The molecule has 0 aromatic heterocycles. The van der Waals surface area contributed by atoms with Crippen LogP contribution in [-0.4, -0.2) is 40.3 Å². The number of hydrogen-bond donors (Lipinski definition) is 3. The second-order valence-electron chi connectivity index (χ2n) is 5.88. The van der Waals surface area contributed by atoms with Crippen LogP contribution in [0.15, 0.2) is 0 Å². The number of carboxylic acid groups (broad SMARTS) is 1. The molecule has 0 aromatic carbocycles. The minimum Gasteiger partial charge on any atom is -0.480 e. The number of amides is 1. The van der Waals surface area contributed by atoms with Crippen LogP contribution in [0.2, 0.25) is 0 Å². The maximum atomic E-state index is 11.8. The van der Waals surface area contributed by atoms with Crippen LogP contribution in [0.5, 0.6) is 0 Å². The van der Waals surface area contributed by atoms with Crippen molar-refractivity contribution in [1.29, 1.82) is 0 Å². The quantitative estimate of drug-likeness (QED) is 0.668. The highest BCUT2D eigenvalue weighted by Crippen LogP contribution is 2.13. The van der Waals surface area contributed by atoms with Crippen LogP contribution in [0.1, 0.15) is 41.5 Å². The first-order valence-electron chi connectivity index (χ1n) is 5.85. The summed E-state index contributed by atoms with van der Waals surface area (Å²) in [7, 11) is 0. The van der Waals surface area contributed by atoms with E-state index in [9.17, 15) is 9.59 Å². The summed E-state index contributed by atoms with van der Waals surface area (Å²) in [6.07, 6.45) is -0.505. The average Bonchev–Trinajstić information content (AvgIpc) is 2.12. The highest BCUT2D eigenvalue weighted by Gasteiger charge is 2.33. The normalized spacial score (nSPS) is 15.9. The summed E-state index contributed by atoms with van der Waals surface area (Å²) in [5, 5.41) is 11.3. The zero-order chi connectivity index (χ0) is 14.7. The molecule has 106 valence electrons. The Kier molecular flexibility index (Phi) is 5.31. The molecule has 0 aliphatic heterocycles. The summed E-state index contributed by atoms with van der Waals surface area (Å²) in [5.74, 6) is -1.66. The van der Waals surface area contributed by atoms with Gasteiger partial charge in [-0.2, -0.15) is 0 Å². The SMILES string of the molecule is C[C@@H](OC(C)(C)C)[C@H](N)C(=O)NC(C)(C)C(=O)O. The molecule has 0 aliphatic carbocycles. The molecule has 2 atom stereocenters. The molecule has 6 heteroatoms. The Balaban J connectivity index is 4.57. The molecule has 0 fully saturated rings. The molecule has 0 radical (unpaired) electrons. The standard InChI is InChI=1S/C12H24N2O4/c1-7(18-11(2,3)4)8(13)9(15)14-12(5,6)10(16)17/h7-8H,13H2,1-6H3,(H,14,15)(H,16,17)/t7-,8+/m1/s1. The summed E-state index contributed by atoms with van der Waals surface area (Å²) in [6, 6.07) is -0.914. The van der Waals surface area contributed by atoms with Crippen LogP contribution >= 0.6 is 0 Å². The van der Waals surface area contributed by atoms with Crippen molar-refractivity contribution in [2.24, 2.45) is 5.73 Å². The molecule has 4 N–H and O–H groups in total. The van der Waals surface area contributed by atoms with Crippen LogP contribution in [-0.2, 0) is 14.3 Å². The predicted molar refractivity (Wildman–Crippen MR) is 68.1 cm³/mol. The van der Waals surface area contributed by atoms with Gasteiger partial charge >= 0.3 is 5.97 Å². The molecular formula is C12H24N2O4. The Bertz CT molecular complexity index is 321. The molecule has 0 unspecified atom stereocenters. The van der Waals surface area contributed by atoms with Crippen molar-refractivity contribution in [2.45, 2.75) is 64.8 Å². The second-order valence-corrected chi connectivity index (χ2v) is 5.88. The lowest BCUT2D eigenvalue weighted by Gasteiger charge is -2.30. The van der Waals surface area contributed by atoms with Crippen LogP contribution in [0.25, 0.3) is 0 Å². The molecule has 6 nitrogen and oxygen atoms in total. The monoisotopic (exact) mass is 260 g/mol. The van der Waals surface area contributed by atoms with Crippen molar-refractivity contribution in [3.63, 3.8) is 0 Å². The van der Waals surface area contributed by atoms with Gasteiger partial charge in [0.05, 0.1) is 11.7 Å². The van der Waals surface area contributed by atoms with Gasteiger partial charge in [-0.05, 0) is 41.5 Å². The van der Waals surface area contributed by atoms with E-state index < -0.39 is 35.2 Å². The Morgan fingerprint density at radius 1 is 1.22 bits per heavy atom. The van der Waals surface area contributed by atoms with Crippen molar-refractivity contribution < 1.29 is 19.4 Å². The zero-order valence-corrected chi connectivity index (χ0v) is 11.9. The first-order chi connectivity index (χ1) is 7.87. The lowest BCUT2D eigenvalue weighted by molar-refractivity contribution is -0.147. The number of ether oxygens (including phenoxy) is 1. The molecule has 0 spiro atoms. The van der Waals surface area contributed by atoms with Gasteiger partial charge in [-0.15, -0.1) is 0 Å². The van der Waals surface area contributed by atoms with E-state index in [4.69, 9.17) is 15.6 Å². The first kappa shape index (κ1) is 16.9. The molecule has 0 rings (SSSR count). The molecule has 0 aliphatic rings. The van der Waals surface area contributed by atoms with E-state index in [1.54, 1.807) is 6.92 Å². The smallest absolute Gasteiger partial charge is 0.328 e. The van der Waals surface area contributed by atoms with Gasteiger partial charge in [0.25, 0.3) is 0 Å². The largest absolute Gasteiger partial charge is 0.480 e. The van der Waals surface area contributed by atoms with Gasteiger partial charge in [-0.25, -0.2) is 4.79 Å². The number of carbonyl (C=O) groups excluding carboxylic acids is 1. The van der Waals surface area contributed by atoms with Gasteiger partial charge in [0.2, 0.25) is 5.91 Å². The maximum Gasteiger partial charge on any atom is 0.328 e. The van der Waals surface area contributed by atoms with Gasteiger partial charge in [-0.1, -0.05) is 0 Å². The highest BCUT2D eigenvalue weighted by molar-refractivity contribution is 5.89. The van der Waals surface area contributed by atoms with Crippen LogP contribution in [0.4, 0.5) is 0 Å².